The van der Waals surface area contributed by atoms with E-state index < -0.39 is 25.4 Å². The van der Waals surface area contributed by atoms with Crippen molar-refractivity contribution < 1.29 is 18.7 Å². The van der Waals surface area contributed by atoms with Crippen molar-refractivity contribution in [2.75, 3.05) is 37.1 Å². The number of anilines is 3. The van der Waals surface area contributed by atoms with E-state index in [1.54, 1.807) is 53.2 Å². The van der Waals surface area contributed by atoms with E-state index in [1.807, 2.05) is 26.8 Å². The zero-order valence-corrected chi connectivity index (χ0v) is 30.4. The van der Waals surface area contributed by atoms with Gasteiger partial charge in [0.15, 0.2) is 8.32 Å². The van der Waals surface area contributed by atoms with Crippen LogP contribution in [0.25, 0.3) is 11.3 Å². The summed E-state index contributed by atoms with van der Waals surface area (Å²) in [7, 11) is -0.522. The summed E-state index contributed by atoms with van der Waals surface area (Å²) in [6, 6.07) is 11.3. The Balaban J connectivity index is 1.75. The fourth-order valence-corrected chi connectivity index (χ4v) is 6.28. The summed E-state index contributed by atoms with van der Waals surface area (Å²) < 4.78 is 19.2. The van der Waals surface area contributed by atoms with Gasteiger partial charge >= 0.3 is 6.09 Å². The van der Waals surface area contributed by atoms with Crippen LogP contribution in [0.1, 0.15) is 66.0 Å². The number of rotatable bonds is 10. The molecule has 3 aromatic rings. The molecule has 2 aromatic heterocycles. The first-order valence-corrected chi connectivity index (χ1v) is 18.8. The Morgan fingerprint density at radius 2 is 1.89 bits per heavy atom. The second kappa shape index (κ2) is 13.6. The average Bonchev–Trinajstić information content (AvgIpc) is 3.29. The van der Waals surface area contributed by atoms with Gasteiger partial charge in [-0.2, -0.15) is 5.26 Å². The number of nitriles is 1. The summed E-state index contributed by atoms with van der Waals surface area (Å²) in [6.45, 7) is 20.2. The lowest BCUT2D eigenvalue weighted by atomic mass is 9.83. The third kappa shape index (κ3) is 8.09. The summed E-state index contributed by atoms with van der Waals surface area (Å²) in [4.78, 5) is 37.3. The standard InChI is InChI=1S/C35H48N6O5Si/c1-33(2,3)46-32(43)41-22-35(7,23-45-47(9,10)34(4,5)6)26-20-24(19-25(21-36)29(26)41)27-14-15-37-31(38-27)39-28-13-11-16-40(30(28)42)17-12-18-44-8/h11,13-16,19-20H,12,17-18,22-23H2,1-10H3,(H,37,38,39)/t35-/m1/s1. The smallest absolute Gasteiger partial charge is 0.414 e. The highest BCUT2D eigenvalue weighted by Gasteiger charge is 2.47. The number of carbonyl (C=O) groups is 1. The number of nitrogens with one attached hydrogen (secondary N) is 1. The van der Waals surface area contributed by atoms with Gasteiger partial charge in [-0.15, -0.1) is 0 Å². The third-order valence-corrected chi connectivity index (χ3v) is 13.3. The Morgan fingerprint density at radius 3 is 2.53 bits per heavy atom. The third-order valence-electron chi connectivity index (χ3n) is 8.79. The average molecular weight is 661 g/mol. The number of fused-ring (bicyclic) bond motifs is 1. The lowest BCUT2D eigenvalue weighted by molar-refractivity contribution is 0.0575. The fraction of sp³-hybridized carbons (Fsp3) is 0.514. The van der Waals surface area contributed by atoms with E-state index in [4.69, 9.17) is 18.9 Å². The molecule has 0 saturated heterocycles. The lowest BCUT2D eigenvalue weighted by Gasteiger charge is -2.39. The number of ether oxygens (including phenoxy) is 2. The molecule has 0 unspecified atom stereocenters. The zero-order valence-electron chi connectivity index (χ0n) is 29.4. The zero-order chi connectivity index (χ0) is 34.8. The van der Waals surface area contributed by atoms with Crippen LogP contribution in [0.15, 0.2) is 47.5 Å². The van der Waals surface area contributed by atoms with Gasteiger partial charge in [0.05, 0.1) is 16.9 Å². The number of methoxy groups -OCH3 is 1. The van der Waals surface area contributed by atoms with E-state index in [2.05, 4.69) is 57.2 Å². The molecule has 1 aromatic carbocycles. The topological polar surface area (TPSA) is 132 Å². The number of amides is 1. The van der Waals surface area contributed by atoms with E-state index in [0.717, 1.165) is 5.56 Å². The van der Waals surface area contributed by atoms with Crippen LogP contribution in [0.2, 0.25) is 18.1 Å². The maximum Gasteiger partial charge on any atom is 0.414 e. The molecule has 1 N–H and O–H groups in total. The van der Waals surface area contributed by atoms with Crippen LogP contribution < -0.4 is 15.8 Å². The van der Waals surface area contributed by atoms with Crippen molar-refractivity contribution in [1.82, 2.24) is 14.5 Å². The Kier molecular flexibility index (Phi) is 10.3. The Morgan fingerprint density at radius 1 is 1.17 bits per heavy atom. The molecule has 1 atom stereocenters. The molecule has 1 amide bonds. The van der Waals surface area contributed by atoms with Crippen LogP contribution in [-0.2, 0) is 25.9 Å². The molecule has 1 aliphatic heterocycles. The quantitative estimate of drug-likeness (QED) is 0.180. The fourth-order valence-electron chi connectivity index (χ4n) is 5.17. The number of aromatic nitrogens is 3. The van der Waals surface area contributed by atoms with Gasteiger partial charge in [0, 0.05) is 56.8 Å². The highest BCUT2D eigenvalue weighted by molar-refractivity contribution is 6.74. The predicted octanol–water partition coefficient (Wildman–Crippen LogP) is 6.99. The number of benzene rings is 1. The molecule has 0 radical (unpaired) electrons. The molecule has 252 valence electrons. The molecule has 12 heteroatoms. The minimum atomic E-state index is -2.15. The number of hydrogen-bond acceptors (Lipinski definition) is 9. The normalized spacial score (nSPS) is 16.5. The van der Waals surface area contributed by atoms with Crippen molar-refractivity contribution in [1.29, 1.82) is 5.26 Å². The second-order valence-electron chi connectivity index (χ2n) is 14.9. The van der Waals surface area contributed by atoms with E-state index in [1.165, 1.54) is 0 Å². The Labute approximate surface area is 279 Å². The van der Waals surface area contributed by atoms with Gasteiger partial charge in [0.2, 0.25) is 5.95 Å². The molecule has 0 fully saturated rings. The van der Waals surface area contributed by atoms with E-state index >= 15 is 0 Å². The first-order valence-electron chi connectivity index (χ1n) is 15.9. The first-order chi connectivity index (χ1) is 21.9. The molecule has 0 bridgehead atoms. The van der Waals surface area contributed by atoms with Crippen molar-refractivity contribution in [2.45, 2.75) is 90.6 Å². The second-order valence-corrected chi connectivity index (χ2v) is 19.7. The van der Waals surface area contributed by atoms with Crippen molar-refractivity contribution >= 4 is 31.7 Å². The largest absolute Gasteiger partial charge is 0.443 e. The summed E-state index contributed by atoms with van der Waals surface area (Å²) in [5.74, 6) is 0.243. The van der Waals surface area contributed by atoms with Crippen LogP contribution in [0.5, 0.6) is 0 Å². The Bertz CT molecular complexity index is 1720. The highest BCUT2D eigenvalue weighted by atomic mass is 28.4. The monoisotopic (exact) mass is 660 g/mol. The van der Waals surface area contributed by atoms with Crippen LogP contribution in [0, 0.1) is 11.3 Å². The van der Waals surface area contributed by atoms with Crippen LogP contribution in [-0.4, -0.2) is 61.4 Å². The van der Waals surface area contributed by atoms with Crippen LogP contribution in [0.4, 0.5) is 22.1 Å². The minimum absolute atomic E-state index is 0.00836. The Hall–Kier alpha value is -4.05. The molecule has 4 rings (SSSR count). The number of hydrogen-bond donors (Lipinski definition) is 1. The molecule has 0 spiro atoms. The lowest BCUT2D eigenvalue weighted by Crippen LogP contribution is -2.46. The number of nitrogens with zero attached hydrogens (tertiary/aromatic N) is 5. The molecule has 0 aliphatic carbocycles. The number of aryl methyl sites for hydroxylation is 1. The minimum Gasteiger partial charge on any atom is -0.443 e. The van der Waals surface area contributed by atoms with Gasteiger partial charge in [0.25, 0.3) is 5.56 Å². The van der Waals surface area contributed by atoms with Crippen molar-refractivity contribution in [3.8, 4) is 17.3 Å². The summed E-state index contributed by atoms with van der Waals surface area (Å²) in [6.07, 6.45) is 3.54. The van der Waals surface area contributed by atoms with E-state index in [-0.39, 0.29) is 16.5 Å². The van der Waals surface area contributed by atoms with Crippen molar-refractivity contribution in [3.63, 3.8) is 0 Å². The summed E-state index contributed by atoms with van der Waals surface area (Å²) in [5, 5.41) is 13.4. The van der Waals surface area contributed by atoms with Gasteiger partial charge in [-0.25, -0.2) is 14.8 Å². The summed E-state index contributed by atoms with van der Waals surface area (Å²) in [5.41, 5.74) is 1.71. The molecule has 1 aliphatic rings. The number of carbonyl (C=O) groups excluding carboxylic acids is 1. The maximum atomic E-state index is 13.5. The predicted molar refractivity (Wildman–Crippen MR) is 187 cm³/mol. The highest BCUT2D eigenvalue weighted by Crippen LogP contribution is 2.47. The molecule has 0 saturated carbocycles. The molecule has 3 heterocycles. The van der Waals surface area contributed by atoms with Gasteiger partial charge in [-0.05, 0) is 81.2 Å². The molecular formula is C35H48N6O5Si. The molecule has 11 nitrogen and oxygen atoms in total. The van der Waals surface area contributed by atoms with Gasteiger partial charge in [-0.1, -0.05) is 27.7 Å². The SMILES string of the molecule is COCCCn1cccc(Nc2nccc(-c3cc(C#N)c4c(c3)[C@@](C)(CO[Si](C)(C)C(C)(C)C)CN4C(=O)OC(C)(C)C)n2)c1=O. The van der Waals surface area contributed by atoms with Gasteiger partial charge in [0.1, 0.15) is 17.4 Å². The molecular weight excluding hydrogens is 613 g/mol. The van der Waals surface area contributed by atoms with Crippen molar-refractivity contribution in [2.24, 2.45) is 0 Å². The van der Waals surface area contributed by atoms with Crippen molar-refractivity contribution in [3.05, 3.63) is 64.2 Å². The van der Waals surface area contributed by atoms with Gasteiger partial charge < -0.3 is 23.8 Å². The van der Waals surface area contributed by atoms with Crippen LogP contribution in [0.3, 0.4) is 0 Å². The summed E-state index contributed by atoms with van der Waals surface area (Å²) >= 11 is 0. The maximum absolute atomic E-state index is 13.5. The van der Waals surface area contributed by atoms with Gasteiger partial charge in [-0.3, -0.25) is 9.69 Å². The van der Waals surface area contributed by atoms with E-state index in [0.29, 0.717) is 60.9 Å². The molecule has 47 heavy (non-hydrogen) atoms. The van der Waals surface area contributed by atoms with E-state index in [9.17, 15) is 14.9 Å². The van der Waals surface area contributed by atoms with Crippen LogP contribution >= 0.6 is 0 Å². The first kappa shape index (κ1) is 35.8. The number of pyridine rings is 1.